The van der Waals surface area contributed by atoms with Gasteiger partial charge in [-0.1, -0.05) is 0 Å². The number of hydrogen-bond acceptors (Lipinski definition) is 6. The highest BCUT2D eigenvalue weighted by molar-refractivity contribution is 5.38. The lowest BCUT2D eigenvalue weighted by Crippen LogP contribution is -2.38. The number of fused-ring (bicyclic) bond motifs is 1. The topological polar surface area (TPSA) is 81.9 Å². The SMILES string of the molecule is Cc1cc(NC2COCC2n2nc3c(cc2=O)CCC3)nc(C2CC2)n1. The molecule has 136 valence electrons. The van der Waals surface area contributed by atoms with Crippen LogP contribution in [0, 0.1) is 6.92 Å². The number of anilines is 1. The van der Waals surface area contributed by atoms with Crippen molar-refractivity contribution in [3.63, 3.8) is 0 Å². The summed E-state index contributed by atoms with van der Waals surface area (Å²) >= 11 is 0. The Hall–Kier alpha value is -2.28. The van der Waals surface area contributed by atoms with Crippen molar-refractivity contribution in [2.24, 2.45) is 0 Å². The fourth-order valence-electron chi connectivity index (χ4n) is 3.95. The molecule has 2 aliphatic carbocycles. The van der Waals surface area contributed by atoms with Crippen LogP contribution in [0.1, 0.15) is 54.0 Å². The van der Waals surface area contributed by atoms with E-state index in [0.29, 0.717) is 19.1 Å². The molecule has 7 nitrogen and oxygen atoms in total. The first-order chi connectivity index (χ1) is 12.7. The Labute approximate surface area is 151 Å². The van der Waals surface area contributed by atoms with Crippen molar-refractivity contribution in [1.82, 2.24) is 19.7 Å². The van der Waals surface area contributed by atoms with Crippen molar-refractivity contribution in [2.75, 3.05) is 18.5 Å². The number of aryl methyl sites for hydroxylation is 3. The summed E-state index contributed by atoms with van der Waals surface area (Å²) in [4.78, 5) is 21.8. The third-order valence-corrected chi connectivity index (χ3v) is 5.49. The van der Waals surface area contributed by atoms with E-state index in [0.717, 1.165) is 47.9 Å². The summed E-state index contributed by atoms with van der Waals surface area (Å²) in [7, 11) is 0. The quantitative estimate of drug-likeness (QED) is 0.902. The number of nitrogens with one attached hydrogen (secondary N) is 1. The van der Waals surface area contributed by atoms with Crippen LogP contribution in [0.4, 0.5) is 5.82 Å². The van der Waals surface area contributed by atoms with E-state index in [9.17, 15) is 4.79 Å². The van der Waals surface area contributed by atoms with E-state index >= 15 is 0 Å². The minimum Gasteiger partial charge on any atom is -0.377 e. The molecule has 1 N–H and O–H groups in total. The van der Waals surface area contributed by atoms with Gasteiger partial charge in [-0.25, -0.2) is 14.6 Å². The molecule has 0 bridgehead atoms. The number of hydrogen-bond donors (Lipinski definition) is 1. The summed E-state index contributed by atoms with van der Waals surface area (Å²) in [6.45, 7) is 3.02. The highest BCUT2D eigenvalue weighted by Crippen LogP contribution is 2.38. The van der Waals surface area contributed by atoms with Gasteiger partial charge in [-0.2, -0.15) is 5.10 Å². The summed E-state index contributed by atoms with van der Waals surface area (Å²) < 4.78 is 7.30. The molecule has 2 fully saturated rings. The summed E-state index contributed by atoms with van der Waals surface area (Å²) in [6, 6.07) is 3.57. The lowest BCUT2D eigenvalue weighted by molar-refractivity contribution is 0.182. The van der Waals surface area contributed by atoms with Gasteiger partial charge in [-0.15, -0.1) is 0 Å². The number of aromatic nitrogens is 4. The van der Waals surface area contributed by atoms with Crippen LogP contribution in [0.2, 0.25) is 0 Å². The summed E-state index contributed by atoms with van der Waals surface area (Å²) in [6.07, 6.45) is 5.35. The summed E-state index contributed by atoms with van der Waals surface area (Å²) in [5.41, 5.74) is 3.09. The third-order valence-electron chi connectivity index (χ3n) is 5.49. The Bertz CT molecular complexity index is 905. The maximum Gasteiger partial charge on any atom is 0.267 e. The van der Waals surface area contributed by atoms with Gasteiger partial charge in [0.05, 0.1) is 24.9 Å². The van der Waals surface area contributed by atoms with Crippen LogP contribution in [0.15, 0.2) is 16.9 Å². The second-order valence-electron chi connectivity index (χ2n) is 7.64. The largest absolute Gasteiger partial charge is 0.377 e. The van der Waals surface area contributed by atoms with Crippen molar-refractivity contribution < 1.29 is 4.74 Å². The molecule has 0 spiro atoms. The molecule has 2 atom stereocenters. The fourth-order valence-corrected chi connectivity index (χ4v) is 3.95. The Morgan fingerprint density at radius 2 is 2.08 bits per heavy atom. The highest BCUT2D eigenvalue weighted by Gasteiger charge is 2.33. The van der Waals surface area contributed by atoms with Gasteiger partial charge in [0.2, 0.25) is 0 Å². The van der Waals surface area contributed by atoms with Crippen molar-refractivity contribution in [2.45, 2.75) is 57.0 Å². The zero-order valence-corrected chi connectivity index (χ0v) is 14.9. The molecule has 5 rings (SSSR count). The molecule has 0 amide bonds. The molecule has 26 heavy (non-hydrogen) atoms. The predicted molar refractivity (Wildman–Crippen MR) is 96.5 cm³/mol. The van der Waals surface area contributed by atoms with Crippen LogP contribution in [0.25, 0.3) is 0 Å². The van der Waals surface area contributed by atoms with Crippen LogP contribution < -0.4 is 10.9 Å². The van der Waals surface area contributed by atoms with Crippen molar-refractivity contribution >= 4 is 5.82 Å². The third kappa shape index (κ3) is 2.90. The van der Waals surface area contributed by atoms with E-state index in [2.05, 4.69) is 20.4 Å². The average molecular weight is 353 g/mol. The van der Waals surface area contributed by atoms with E-state index in [1.807, 2.05) is 13.0 Å². The fraction of sp³-hybridized carbons (Fsp3) is 0.579. The van der Waals surface area contributed by atoms with Gasteiger partial charge in [0.25, 0.3) is 5.56 Å². The lowest BCUT2D eigenvalue weighted by Gasteiger charge is -2.21. The molecule has 2 aromatic rings. The standard InChI is InChI=1S/C19H23N5O2/c1-11-7-17(22-19(20-11)12-5-6-12)21-15-9-26-10-16(15)24-18(25)8-13-3-2-4-14(13)23-24/h7-8,12,15-16H,2-6,9-10H2,1H3,(H,20,21,22). The maximum absolute atomic E-state index is 12.6. The Morgan fingerprint density at radius 1 is 1.19 bits per heavy atom. The molecular weight excluding hydrogens is 330 g/mol. The molecule has 0 radical (unpaired) electrons. The molecular formula is C19H23N5O2. The normalized spacial score (nSPS) is 24.7. The average Bonchev–Trinajstić information content (AvgIpc) is 3.21. The minimum atomic E-state index is -0.118. The first-order valence-electron chi connectivity index (χ1n) is 9.49. The van der Waals surface area contributed by atoms with Gasteiger partial charge < -0.3 is 10.1 Å². The Kier molecular flexibility index (Phi) is 3.77. The van der Waals surface area contributed by atoms with Crippen molar-refractivity contribution in [3.05, 3.63) is 45.3 Å². The van der Waals surface area contributed by atoms with Gasteiger partial charge >= 0.3 is 0 Å². The summed E-state index contributed by atoms with van der Waals surface area (Å²) in [5, 5.41) is 8.12. The molecule has 1 saturated carbocycles. The van der Waals surface area contributed by atoms with Gasteiger partial charge in [0.1, 0.15) is 17.7 Å². The molecule has 7 heteroatoms. The monoisotopic (exact) mass is 353 g/mol. The molecule has 0 aromatic carbocycles. The molecule has 1 aliphatic heterocycles. The second-order valence-corrected chi connectivity index (χ2v) is 7.64. The van der Waals surface area contributed by atoms with Crippen LogP contribution in [-0.2, 0) is 17.6 Å². The number of ether oxygens (including phenoxy) is 1. The molecule has 1 saturated heterocycles. The molecule has 2 aromatic heterocycles. The van der Waals surface area contributed by atoms with E-state index < -0.39 is 0 Å². The lowest BCUT2D eigenvalue weighted by atomic mass is 10.1. The zero-order chi connectivity index (χ0) is 17.7. The Morgan fingerprint density at radius 3 is 2.92 bits per heavy atom. The first-order valence-corrected chi connectivity index (χ1v) is 9.49. The Balaban J connectivity index is 1.42. The first kappa shape index (κ1) is 15.9. The van der Waals surface area contributed by atoms with Gasteiger partial charge in [0, 0.05) is 23.7 Å². The number of rotatable bonds is 4. The number of nitrogens with zero attached hydrogens (tertiary/aromatic N) is 4. The van der Waals surface area contributed by atoms with Crippen LogP contribution >= 0.6 is 0 Å². The predicted octanol–water partition coefficient (Wildman–Crippen LogP) is 1.76. The van der Waals surface area contributed by atoms with E-state index in [-0.39, 0.29) is 17.6 Å². The van der Waals surface area contributed by atoms with Gasteiger partial charge in [-0.3, -0.25) is 4.79 Å². The van der Waals surface area contributed by atoms with E-state index in [1.165, 1.54) is 12.8 Å². The minimum absolute atomic E-state index is 0.0268. The van der Waals surface area contributed by atoms with Gasteiger partial charge in [-0.05, 0) is 44.6 Å². The van der Waals surface area contributed by atoms with Crippen LogP contribution in [-0.4, -0.2) is 39.0 Å². The smallest absolute Gasteiger partial charge is 0.267 e. The molecule has 3 aliphatic rings. The molecule has 3 heterocycles. The van der Waals surface area contributed by atoms with Crippen molar-refractivity contribution in [3.8, 4) is 0 Å². The summed E-state index contributed by atoms with van der Waals surface area (Å²) in [5.74, 6) is 2.25. The van der Waals surface area contributed by atoms with E-state index in [4.69, 9.17) is 4.74 Å². The molecule has 2 unspecified atom stereocenters. The van der Waals surface area contributed by atoms with E-state index in [1.54, 1.807) is 10.7 Å². The van der Waals surface area contributed by atoms with Crippen LogP contribution in [0.3, 0.4) is 0 Å². The van der Waals surface area contributed by atoms with Gasteiger partial charge in [0.15, 0.2) is 0 Å². The second kappa shape index (κ2) is 6.16. The zero-order valence-electron chi connectivity index (χ0n) is 14.9. The maximum atomic E-state index is 12.6. The van der Waals surface area contributed by atoms with Crippen LogP contribution in [0.5, 0.6) is 0 Å². The highest BCUT2D eigenvalue weighted by atomic mass is 16.5. The van der Waals surface area contributed by atoms with Crippen molar-refractivity contribution in [1.29, 1.82) is 0 Å².